The normalized spacial score (nSPS) is 17.2. The highest BCUT2D eigenvalue weighted by atomic mass is 16.5. The monoisotopic (exact) mass is 183 g/mol. The first-order chi connectivity index (χ1) is 6.33. The molecule has 0 aliphatic heterocycles. The van der Waals surface area contributed by atoms with Crippen molar-refractivity contribution < 1.29 is 9.53 Å². The third-order valence-electron chi connectivity index (χ3n) is 2.16. The lowest BCUT2D eigenvalue weighted by Crippen LogP contribution is -2.27. The van der Waals surface area contributed by atoms with Gasteiger partial charge in [0.05, 0.1) is 6.54 Å². The molecule has 0 amide bonds. The lowest BCUT2D eigenvalue weighted by molar-refractivity contribution is -0.147. The molecule has 1 saturated carbocycles. The summed E-state index contributed by atoms with van der Waals surface area (Å²) < 4.78 is 5.22. The van der Waals surface area contributed by atoms with Crippen molar-refractivity contribution in [2.75, 3.05) is 13.1 Å². The molecule has 1 aliphatic carbocycles. The SMILES string of the molecule is C=CCNCC(=O)OC1CCCC1. The fourth-order valence-corrected chi connectivity index (χ4v) is 1.51. The quantitative estimate of drug-likeness (QED) is 0.396. The van der Waals surface area contributed by atoms with Crippen LogP contribution in [0.1, 0.15) is 25.7 Å². The van der Waals surface area contributed by atoms with Crippen molar-refractivity contribution >= 4 is 5.97 Å². The number of hydrogen-bond acceptors (Lipinski definition) is 3. The van der Waals surface area contributed by atoms with E-state index < -0.39 is 0 Å². The zero-order valence-corrected chi connectivity index (χ0v) is 7.92. The van der Waals surface area contributed by atoms with Crippen LogP contribution in [0.4, 0.5) is 0 Å². The van der Waals surface area contributed by atoms with Crippen LogP contribution >= 0.6 is 0 Å². The van der Waals surface area contributed by atoms with Crippen LogP contribution in [0.15, 0.2) is 12.7 Å². The summed E-state index contributed by atoms with van der Waals surface area (Å²) in [5.74, 6) is -0.145. The topological polar surface area (TPSA) is 38.3 Å². The second-order valence-electron chi connectivity index (χ2n) is 3.32. The van der Waals surface area contributed by atoms with E-state index in [9.17, 15) is 4.79 Å². The number of esters is 1. The van der Waals surface area contributed by atoms with Gasteiger partial charge in [0, 0.05) is 6.54 Å². The highest BCUT2D eigenvalue weighted by Gasteiger charge is 2.18. The first-order valence-corrected chi connectivity index (χ1v) is 4.84. The lowest BCUT2D eigenvalue weighted by atomic mass is 10.3. The fraction of sp³-hybridized carbons (Fsp3) is 0.700. The first-order valence-electron chi connectivity index (χ1n) is 4.84. The van der Waals surface area contributed by atoms with Crippen LogP contribution in [0.5, 0.6) is 0 Å². The molecule has 0 aromatic rings. The van der Waals surface area contributed by atoms with E-state index in [4.69, 9.17) is 4.74 Å². The molecule has 0 unspecified atom stereocenters. The molecule has 74 valence electrons. The van der Waals surface area contributed by atoms with Crippen molar-refractivity contribution in [2.24, 2.45) is 0 Å². The molecule has 0 aromatic heterocycles. The number of nitrogens with one attached hydrogen (secondary N) is 1. The zero-order chi connectivity index (χ0) is 9.52. The Morgan fingerprint density at radius 3 is 2.85 bits per heavy atom. The summed E-state index contributed by atoms with van der Waals surface area (Å²) in [5, 5.41) is 2.92. The van der Waals surface area contributed by atoms with Gasteiger partial charge in [-0.2, -0.15) is 0 Å². The molecule has 0 bridgehead atoms. The van der Waals surface area contributed by atoms with Crippen LogP contribution in [0.25, 0.3) is 0 Å². The van der Waals surface area contributed by atoms with Gasteiger partial charge in [0.15, 0.2) is 0 Å². The summed E-state index contributed by atoms with van der Waals surface area (Å²) in [5.41, 5.74) is 0. The molecule has 0 radical (unpaired) electrons. The van der Waals surface area contributed by atoms with E-state index in [2.05, 4.69) is 11.9 Å². The van der Waals surface area contributed by atoms with Crippen LogP contribution in [-0.4, -0.2) is 25.2 Å². The second-order valence-corrected chi connectivity index (χ2v) is 3.32. The van der Waals surface area contributed by atoms with Crippen LogP contribution in [0, 0.1) is 0 Å². The Kier molecular flexibility index (Phi) is 4.54. The number of hydrogen-bond donors (Lipinski definition) is 1. The van der Waals surface area contributed by atoms with Gasteiger partial charge in [-0.3, -0.25) is 4.79 Å². The van der Waals surface area contributed by atoms with Gasteiger partial charge >= 0.3 is 5.97 Å². The van der Waals surface area contributed by atoms with Gasteiger partial charge < -0.3 is 10.1 Å². The predicted molar refractivity (Wildman–Crippen MR) is 51.4 cm³/mol. The first kappa shape index (κ1) is 10.3. The summed E-state index contributed by atoms with van der Waals surface area (Å²) in [4.78, 5) is 11.2. The summed E-state index contributed by atoms with van der Waals surface area (Å²) in [6, 6.07) is 0. The van der Waals surface area contributed by atoms with Crippen LogP contribution < -0.4 is 5.32 Å². The lowest BCUT2D eigenvalue weighted by Gasteiger charge is -2.10. The van der Waals surface area contributed by atoms with Gasteiger partial charge in [0.1, 0.15) is 6.10 Å². The second kappa shape index (κ2) is 5.75. The molecule has 1 N–H and O–H groups in total. The molecule has 1 fully saturated rings. The maximum absolute atomic E-state index is 11.2. The Bertz CT molecular complexity index is 174. The molecule has 1 rings (SSSR count). The van der Waals surface area contributed by atoms with E-state index in [1.54, 1.807) is 6.08 Å². The Morgan fingerprint density at radius 1 is 1.54 bits per heavy atom. The molecule has 0 aromatic carbocycles. The van der Waals surface area contributed by atoms with Crippen molar-refractivity contribution in [3.8, 4) is 0 Å². The van der Waals surface area contributed by atoms with E-state index in [-0.39, 0.29) is 12.1 Å². The number of rotatable bonds is 5. The fourth-order valence-electron chi connectivity index (χ4n) is 1.51. The number of carbonyl (C=O) groups excluding carboxylic acids is 1. The van der Waals surface area contributed by atoms with E-state index >= 15 is 0 Å². The average molecular weight is 183 g/mol. The van der Waals surface area contributed by atoms with Crippen LogP contribution in [0.2, 0.25) is 0 Å². The Morgan fingerprint density at radius 2 is 2.23 bits per heavy atom. The van der Waals surface area contributed by atoms with E-state index in [0.717, 1.165) is 12.8 Å². The standard InChI is InChI=1S/C10H17NO2/c1-2-7-11-8-10(12)13-9-5-3-4-6-9/h2,9,11H,1,3-8H2. The summed E-state index contributed by atoms with van der Waals surface area (Å²) in [7, 11) is 0. The minimum absolute atomic E-state index is 0.145. The Balaban J connectivity index is 2.05. The third kappa shape index (κ3) is 4.08. The van der Waals surface area contributed by atoms with Crippen LogP contribution in [-0.2, 0) is 9.53 Å². The molecular weight excluding hydrogens is 166 g/mol. The number of ether oxygens (including phenoxy) is 1. The smallest absolute Gasteiger partial charge is 0.320 e. The van der Waals surface area contributed by atoms with Gasteiger partial charge in [-0.15, -0.1) is 6.58 Å². The van der Waals surface area contributed by atoms with Crippen molar-refractivity contribution in [1.82, 2.24) is 5.32 Å². The molecular formula is C10H17NO2. The molecule has 13 heavy (non-hydrogen) atoms. The number of carbonyl (C=O) groups is 1. The van der Waals surface area contributed by atoms with Gasteiger partial charge in [0.25, 0.3) is 0 Å². The Hall–Kier alpha value is -0.830. The maximum Gasteiger partial charge on any atom is 0.320 e. The minimum atomic E-state index is -0.145. The van der Waals surface area contributed by atoms with Crippen molar-refractivity contribution in [3.05, 3.63) is 12.7 Å². The van der Waals surface area contributed by atoms with Gasteiger partial charge in [-0.25, -0.2) is 0 Å². The van der Waals surface area contributed by atoms with E-state index in [0.29, 0.717) is 13.1 Å². The molecule has 0 atom stereocenters. The molecule has 3 nitrogen and oxygen atoms in total. The highest BCUT2D eigenvalue weighted by molar-refractivity contribution is 5.71. The predicted octanol–water partition coefficient (Wildman–Crippen LogP) is 1.25. The summed E-state index contributed by atoms with van der Waals surface area (Å²) in [6.45, 7) is 4.49. The zero-order valence-electron chi connectivity index (χ0n) is 7.92. The molecule has 0 heterocycles. The average Bonchev–Trinajstić information content (AvgIpc) is 2.57. The van der Waals surface area contributed by atoms with Gasteiger partial charge in [0.2, 0.25) is 0 Å². The molecule has 0 saturated heterocycles. The molecule has 3 heteroatoms. The Labute approximate surface area is 79.2 Å². The molecule has 0 spiro atoms. The molecule has 1 aliphatic rings. The van der Waals surface area contributed by atoms with E-state index in [1.807, 2.05) is 0 Å². The van der Waals surface area contributed by atoms with Crippen molar-refractivity contribution in [2.45, 2.75) is 31.8 Å². The maximum atomic E-state index is 11.2. The minimum Gasteiger partial charge on any atom is -0.461 e. The highest BCUT2D eigenvalue weighted by Crippen LogP contribution is 2.20. The summed E-state index contributed by atoms with van der Waals surface area (Å²) >= 11 is 0. The largest absolute Gasteiger partial charge is 0.461 e. The van der Waals surface area contributed by atoms with Crippen LogP contribution in [0.3, 0.4) is 0 Å². The van der Waals surface area contributed by atoms with Crippen molar-refractivity contribution in [1.29, 1.82) is 0 Å². The third-order valence-corrected chi connectivity index (χ3v) is 2.16. The van der Waals surface area contributed by atoms with Gasteiger partial charge in [-0.1, -0.05) is 6.08 Å². The van der Waals surface area contributed by atoms with Crippen molar-refractivity contribution in [3.63, 3.8) is 0 Å². The summed E-state index contributed by atoms with van der Waals surface area (Å²) in [6.07, 6.45) is 6.36. The van der Waals surface area contributed by atoms with E-state index in [1.165, 1.54) is 12.8 Å². The van der Waals surface area contributed by atoms with Gasteiger partial charge in [-0.05, 0) is 25.7 Å².